The zero-order valence-electron chi connectivity index (χ0n) is 11.5. The Kier molecular flexibility index (Phi) is 5.27. The third-order valence-electron chi connectivity index (χ3n) is 2.94. The van der Waals surface area contributed by atoms with E-state index in [4.69, 9.17) is 4.74 Å². The highest BCUT2D eigenvalue weighted by Crippen LogP contribution is 2.23. The summed E-state index contributed by atoms with van der Waals surface area (Å²) in [5, 5.41) is 9.47. The molecule has 110 valence electrons. The average Bonchev–Trinajstić information content (AvgIpc) is 2.45. The van der Waals surface area contributed by atoms with Crippen LogP contribution in [0.15, 0.2) is 41.1 Å². The first-order valence-electron chi connectivity index (χ1n) is 6.52. The van der Waals surface area contributed by atoms with E-state index in [-0.39, 0.29) is 0 Å². The van der Waals surface area contributed by atoms with E-state index in [0.29, 0.717) is 24.6 Å². The monoisotopic (exact) mass is 350 g/mol. The van der Waals surface area contributed by atoms with Crippen LogP contribution in [0.25, 0.3) is 0 Å². The molecule has 6 heteroatoms. The van der Waals surface area contributed by atoms with Crippen LogP contribution in [-0.4, -0.2) is 27.7 Å². The molecule has 0 aliphatic rings. The first-order chi connectivity index (χ1) is 10.1. The molecule has 0 saturated heterocycles. The zero-order chi connectivity index (χ0) is 15.2. The number of aromatic nitrogens is 2. The number of hydrogen-bond acceptors (Lipinski definition) is 4. The van der Waals surface area contributed by atoms with Gasteiger partial charge in [-0.15, -0.1) is 0 Å². The van der Waals surface area contributed by atoms with Crippen LogP contribution in [0.4, 0.5) is 0 Å². The highest BCUT2D eigenvalue weighted by Gasteiger charge is 2.22. The van der Waals surface area contributed by atoms with Gasteiger partial charge < -0.3 is 9.84 Å². The lowest BCUT2D eigenvalue weighted by Crippen LogP contribution is -2.16. The molecule has 0 amide bonds. The molecule has 0 aliphatic carbocycles. The molecule has 0 radical (unpaired) electrons. The first kappa shape index (κ1) is 15.4. The molecule has 1 atom stereocenters. The molecular weight excluding hydrogens is 336 g/mol. The third-order valence-corrected chi connectivity index (χ3v) is 3.43. The minimum absolute atomic E-state index is 0.358. The standard InChI is InChI=1S/C15H15BrN2O3/c1-2-21-14-8-13(17-9-18-14)12(15(19)20)7-10-4-3-5-11(16)6-10/h3-6,8-9,12H,2,7H2,1H3,(H,19,20). The van der Waals surface area contributed by atoms with Crippen molar-refractivity contribution >= 4 is 21.9 Å². The van der Waals surface area contributed by atoms with E-state index in [1.54, 1.807) is 6.07 Å². The van der Waals surface area contributed by atoms with Crippen molar-refractivity contribution in [3.8, 4) is 5.88 Å². The molecule has 0 fully saturated rings. The van der Waals surface area contributed by atoms with Crippen molar-refractivity contribution in [2.24, 2.45) is 0 Å². The van der Waals surface area contributed by atoms with E-state index in [9.17, 15) is 9.90 Å². The second kappa shape index (κ2) is 7.17. The van der Waals surface area contributed by atoms with Crippen molar-refractivity contribution in [3.63, 3.8) is 0 Å². The highest BCUT2D eigenvalue weighted by molar-refractivity contribution is 9.10. The molecule has 2 rings (SSSR count). The summed E-state index contributed by atoms with van der Waals surface area (Å²) < 4.78 is 6.21. The van der Waals surface area contributed by atoms with Gasteiger partial charge in [0, 0.05) is 10.5 Å². The number of ether oxygens (including phenoxy) is 1. The molecule has 1 unspecified atom stereocenters. The summed E-state index contributed by atoms with van der Waals surface area (Å²) in [4.78, 5) is 19.6. The number of aliphatic carboxylic acids is 1. The maximum atomic E-state index is 11.5. The van der Waals surface area contributed by atoms with Gasteiger partial charge in [-0.2, -0.15) is 0 Å². The number of hydrogen-bond donors (Lipinski definition) is 1. The highest BCUT2D eigenvalue weighted by atomic mass is 79.9. The molecule has 2 aromatic rings. The Morgan fingerprint density at radius 1 is 1.38 bits per heavy atom. The first-order valence-corrected chi connectivity index (χ1v) is 7.31. The summed E-state index contributed by atoms with van der Waals surface area (Å²) in [6.45, 7) is 2.32. The fourth-order valence-electron chi connectivity index (χ4n) is 1.99. The Morgan fingerprint density at radius 2 is 2.19 bits per heavy atom. The van der Waals surface area contributed by atoms with Gasteiger partial charge in [0.1, 0.15) is 12.2 Å². The van der Waals surface area contributed by atoms with Gasteiger partial charge in [0.2, 0.25) is 5.88 Å². The minimum atomic E-state index is -0.920. The normalized spacial score (nSPS) is 11.9. The molecule has 0 aliphatic heterocycles. The number of halogens is 1. The van der Waals surface area contributed by atoms with Gasteiger partial charge in [0.25, 0.3) is 0 Å². The second-order valence-corrected chi connectivity index (χ2v) is 5.35. The lowest BCUT2D eigenvalue weighted by molar-refractivity contribution is -0.138. The fraction of sp³-hybridized carbons (Fsp3) is 0.267. The predicted octanol–water partition coefficient (Wildman–Crippen LogP) is 3.05. The quantitative estimate of drug-likeness (QED) is 0.866. The largest absolute Gasteiger partial charge is 0.481 e. The molecule has 1 heterocycles. The van der Waals surface area contributed by atoms with Crippen molar-refractivity contribution in [2.75, 3.05) is 6.61 Å². The molecule has 21 heavy (non-hydrogen) atoms. The van der Waals surface area contributed by atoms with Crippen molar-refractivity contribution in [1.82, 2.24) is 9.97 Å². The van der Waals surface area contributed by atoms with Gasteiger partial charge in [-0.1, -0.05) is 28.1 Å². The summed E-state index contributed by atoms with van der Waals surface area (Å²) in [6.07, 6.45) is 1.69. The zero-order valence-corrected chi connectivity index (χ0v) is 13.1. The average molecular weight is 351 g/mol. The van der Waals surface area contributed by atoms with Crippen LogP contribution in [0, 0.1) is 0 Å². The maximum absolute atomic E-state index is 11.5. The molecule has 1 N–H and O–H groups in total. The Bertz CT molecular complexity index is 634. The van der Waals surface area contributed by atoms with Gasteiger partial charge >= 0.3 is 5.97 Å². The Morgan fingerprint density at radius 3 is 2.86 bits per heavy atom. The van der Waals surface area contributed by atoms with Gasteiger partial charge in [-0.25, -0.2) is 9.97 Å². The van der Waals surface area contributed by atoms with Gasteiger partial charge in [-0.05, 0) is 31.0 Å². The molecule has 1 aromatic carbocycles. The van der Waals surface area contributed by atoms with Gasteiger partial charge in [0.05, 0.1) is 12.3 Å². The third kappa shape index (κ3) is 4.26. The van der Waals surface area contributed by atoms with E-state index >= 15 is 0 Å². The number of rotatable bonds is 6. The Balaban J connectivity index is 2.26. The van der Waals surface area contributed by atoms with Crippen LogP contribution in [0.1, 0.15) is 24.1 Å². The SMILES string of the molecule is CCOc1cc(C(Cc2cccc(Br)c2)C(=O)O)ncn1. The number of nitrogens with zero attached hydrogens (tertiary/aromatic N) is 2. The van der Waals surface area contributed by atoms with Crippen LogP contribution >= 0.6 is 15.9 Å². The second-order valence-electron chi connectivity index (χ2n) is 4.44. The van der Waals surface area contributed by atoms with Crippen LogP contribution < -0.4 is 4.74 Å². The smallest absolute Gasteiger partial charge is 0.312 e. The van der Waals surface area contributed by atoms with Crippen molar-refractivity contribution in [1.29, 1.82) is 0 Å². The van der Waals surface area contributed by atoms with Gasteiger partial charge in [0.15, 0.2) is 0 Å². The molecule has 0 bridgehead atoms. The van der Waals surface area contributed by atoms with E-state index in [1.807, 2.05) is 31.2 Å². The minimum Gasteiger partial charge on any atom is -0.481 e. The summed E-state index contributed by atoms with van der Waals surface area (Å²) >= 11 is 3.38. The number of carbonyl (C=O) groups is 1. The fourth-order valence-corrected chi connectivity index (χ4v) is 2.44. The predicted molar refractivity (Wildman–Crippen MR) is 81.4 cm³/mol. The molecule has 5 nitrogen and oxygen atoms in total. The van der Waals surface area contributed by atoms with E-state index in [1.165, 1.54) is 6.33 Å². The van der Waals surface area contributed by atoms with Crippen LogP contribution in [0.3, 0.4) is 0 Å². The number of carboxylic acids is 1. The summed E-state index contributed by atoms with van der Waals surface area (Å²) in [7, 11) is 0. The van der Waals surface area contributed by atoms with Crippen LogP contribution in [-0.2, 0) is 11.2 Å². The molecule has 0 saturated carbocycles. The maximum Gasteiger partial charge on any atom is 0.312 e. The van der Waals surface area contributed by atoms with Crippen molar-refractivity contribution in [2.45, 2.75) is 19.3 Å². The van der Waals surface area contributed by atoms with Gasteiger partial charge in [-0.3, -0.25) is 4.79 Å². The molecule has 0 spiro atoms. The van der Waals surface area contributed by atoms with Crippen LogP contribution in [0.2, 0.25) is 0 Å². The van der Waals surface area contributed by atoms with E-state index in [0.717, 1.165) is 10.0 Å². The molecule has 1 aromatic heterocycles. The topological polar surface area (TPSA) is 72.3 Å². The number of carboxylic acid groups (broad SMARTS) is 1. The van der Waals surface area contributed by atoms with Crippen LogP contribution in [0.5, 0.6) is 5.88 Å². The van der Waals surface area contributed by atoms with E-state index < -0.39 is 11.9 Å². The number of benzene rings is 1. The lowest BCUT2D eigenvalue weighted by Gasteiger charge is -2.13. The molecular formula is C15H15BrN2O3. The summed E-state index contributed by atoms with van der Waals surface area (Å²) in [5.74, 6) is -1.26. The van der Waals surface area contributed by atoms with Crippen molar-refractivity contribution < 1.29 is 14.6 Å². The Hall–Kier alpha value is -1.95. The summed E-state index contributed by atoms with van der Waals surface area (Å²) in [6, 6.07) is 9.16. The van der Waals surface area contributed by atoms with Crippen molar-refractivity contribution in [3.05, 3.63) is 52.4 Å². The Labute approximate surface area is 131 Å². The lowest BCUT2D eigenvalue weighted by atomic mass is 9.96. The summed E-state index contributed by atoms with van der Waals surface area (Å²) in [5.41, 5.74) is 1.37. The van der Waals surface area contributed by atoms with E-state index in [2.05, 4.69) is 25.9 Å².